The fraction of sp³-hybridized carbons (Fsp3) is 0.931. The van der Waals surface area contributed by atoms with Crippen LogP contribution in [0.1, 0.15) is 13.3 Å². The first-order chi connectivity index (χ1) is 25.4. The van der Waals surface area contributed by atoms with E-state index in [9.17, 15) is 81.1 Å². The lowest BCUT2D eigenvalue weighted by Gasteiger charge is -2.51. The SMILES string of the molecule is CC(=O)N[C@H]1[C@H](O[C@H]2[C@H](O)[C@@H](O)[C@H](O)O[C@@H]2CO)O[C@H](CO)[C@H](O)[C@@H]1O[C@@H]1O[C@H](CO)[C@H](O)[C@H](O[C@]2(C(=O)O)C[C@H](O)[C@@H](N)[C@H]([C@H](O)[C@H](O)CO)O2)[C@H]1O. The summed E-state index contributed by atoms with van der Waals surface area (Å²) >= 11 is 0. The number of aliphatic carboxylic acids is 1. The Bertz CT molecular complexity index is 1240. The summed E-state index contributed by atoms with van der Waals surface area (Å²) in [4.78, 5) is 25.0. The number of aliphatic hydroxyl groups is 13. The molecule has 0 spiro atoms. The standard InChI is InChI=1S/C29H50N2O23/c1-7(36)31-14-23(16(40)10(4-33)49-26(14)51-21-12(6-35)48-25(45)19(43)18(21)42)52-27-20(44)24(17(41)11(5-34)50-27)54-29(28(46)47)2-8(37)13(30)22(53-29)15(39)9(38)3-32/h8-27,32-35,37-45H,2-6,30H2,1H3,(H,31,36)(H,46,47)/t8-,9+,10+,11+,12+,13+,14+,15+,16-,17-,18+,19+,20+,21+,22+,23+,24-,25+,26-,27-,29-/m0/s1. The lowest BCUT2D eigenvalue weighted by Crippen LogP contribution is -2.71. The monoisotopic (exact) mass is 794 g/mol. The molecule has 54 heavy (non-hydrogen) atoms. The van der Waals surface area contributed by atoms with Crippen molar-refractivity contribution in [2.45, 2.75) is 142 Å². The van der Waals surface area contributed by atoms with E-state index >= 15 is 0 Å². The smallest absolute Gasteiger partial charge is 0.364 e. The minimum atomic E-state index is -3.05. The highest BCUT2D eigenvalue weighted by molar-refractivity contribution is 5.76. The highest BCUT2D eigenvalue weighted by Crippen LogP contribution is 2.38. The molecule has 0 aromatic heterocycles. The summed E-state index contributed by atoms with van der Waals surface area (Å²) in [5.74, 6) is -5.85. The van der Waals surface area contributed by atoms with Gasteiger partial charge in [-0.1, -0.05) is 0 Å². The summed E-state index contributed by atoms with van der Waals surface area (Å²) in [6.07, 6.45) is -35.6. The number of carboxylic acid groups (broad SMARTS) is 1. The van der Waals surface area contributed by atoms with Gasteiger partial charge in [0.25, 0.3) is 5.79 Å². The average molecular weight is 795 g/mol. The number of nitrogens with two attached hydrogens (primary N) is 1. The second-order valence-corrected chi connectivity index (χ2v) is 13.4. The van der Waals surface area contributed by atoms with E-state index < -0.39 is 173 Å². The molecule has 0 unspecified atom stereocenters. The topological polar surface area (TPSA) is 420 Å². The van der Waals surface area contributed by atoms with Gasteiger partial charge in [-0.05, 0) is 0 Å². The van der Waals surface area contributed by atoms with E-state index in [4.69, 9.17) is 38.9 Å². The molecule has 0 aromatic carbocycles. The minimum Gasteiger partial charge on any atom is -0.477 e. The van der Waals surface area contributed by atoms with Gasteiger partial charge in [0.05, 0.1) is 38.6 Å². The number of aliphatic hydroxyl groups excluding tert-OH is 13. The number of carbonyl (C=O) groups is 2. The van der Waals surface area contributed by atoms with Gasteiger partial charge in [0.15, 0.2) is 18.9 Å². The molecule has 1 amide bonds. The normalized spacial score (nSPS) is 47.1. The van der Waals surface area contributed by atoms with Crippen molar-refractivity contribution in [2.24, 2.45) is 5.73 Å². The van der Waals surface area contributed by atoms with E-state index in [2.05, 4.69) is 5.32 Å². The number of ether oxygens (including phenoxy) is 7. The van der Waals surface area contributed by atoms with Crippen molar-refractivity contribution in [3.63, 3.8) is 0 Å². The van der Waals surface area contributed by atoms with Crippen LogP contribution < -0.4 is 11.1 Å². The van der Waals surface area contributed by atoms with Gasteiger partial charge in [0.2, 0.25) is 5.91 Å². The van der Waals surface area contributed by atoms with Crippen molar-refractivity contribution in [3.05, 3.63) is 0 Å². The van der Waals surface area contributed by atoms with E-state index in [-0.39, 0.29) is 0 Å². The highest BCUT2D eigenvalue weighted by Gasteiger charge is 2.60. The summed E-state index contributed by atoms with van der Waals surface area (Å²) in [5.41, 5.74) is 5.89. The lowest BCUT2D eigenvalue weighted by atomic mass is 9.88. The molecule has 4 saturated heterocycles. The van der Waals surface area contributed by atoms with Gasteiger partial charge in [-0.25, -0.2) is 4.79 Å². The number of rotatable bonds is 14. The third-order valence-electron chi connectivity index (χ3n) is 9.67. The molecule has 17 N–H and O–H groups in total. The van der Waals surface area contributed by atoms with Crippen LogP contribution in [-0.4, -0.2) is 238 Å². The molecule has 0 radical (unpaired) electrons. The van der Waals surface area contributed by atoms with Gasteiger partial charge in [0, 0.05) is 13.3 Å². The molecule has 0 aromatic rings. The minimum absolute atomic E-state index is 0.817. The fourth-order valence-electron chi connectivity index (χ4n) is 6.67. The van der Waals surface area contributed by atoms with Gasteiger partial charge < -0.3 is 116 Å². The summed E-state index contributed by atoms with van der Waals surface area (Å²) < 4.78 is 38.9. The van der Waals surface area contributed by atoms with Crippen molar-refractivity contribution < 1.29 is 114 Å². The van der Waals surface area contributed by atoms with E-state index in [1.807, 2.05) is 0 Å². The maximum atomic E-state index is 12.7. The summed E-state index contributed by atoms with van der Waals surface area (Å²) in [5, 5.41) is 147. The molecule has 0 saturated carbocycles. The molecular weight excluding hydrogens is 744 g/mol. The van der Waals surface area contributed by atoms with E-state index in [1.165, 1.54) is 0 Å². The molecule has 21 atom stereocenters. The van der Waals surface area contributed by atoms with E-state index in [0.29, 0.717) is 0 Å². The molecule has 314 valence electrons. The van der Waals surface area contributed by atoms with Crippen molar-refractivity contribution in [1.82, 2.24) is 5.32 Å². The van der Waals surface area contributed by atoms with Gasteiger partial charge in [-0.3, -0.25) is 4.79 Å². The number of carboxylic acids is 1. The number of nitrogens with one attached hydrogen (secondary N) is 1. The van der Waals surface area contributed by atoms with E-state index in [1.54, 1.807) is 0 Å². The molecule has 4 fully saturated rings. The zero-order chi connectivity index (χ0) is 40.4. The molecule has 4 aliphatic heterocycles. The zero-order valence-electron chi connectivity index (χ0n) is 28.6. The second kappa shape index (κ2) is 18.6. The van der Waals surface area contributed by atoms with Crippen LogP contribution in [0.2, 0.25) is 0 Å². The predicted molar refractivity (Wildman–Crippen MR) is 165 cm³/mol. The lowest BCUT2D eigenvalue weighted by molar-refractivity contribution is -0.384. The van der Waals surface area contributed by atoms with Crippen LogP contribution in [0.3, 0.4) is 0 Å². The third kappa shape index (κ3) is 9.12. The largest absolute Gasteiger partial charge is 0.477 e. The molecule has 0 bridgehead atoms. The quantitative estimate of drug-likeness (QED) is 0.0776. The first-order valence-corrected chi connectivity index (χ1v) is 16.8. The highest BCUT2D eigenvalue weighted by atomic mass is 16.8. The Balaban J connectivity index is 1.67. The summed E-state index contributed by atoms with van der Waals surface area (Å²) in [6.45, 7) is -2.90. The average Bonchev–Trinajstić information content (AvgIpc) is 3.13. The van der Waals surface area contributed by atoms with Gasteiger partial charge in [0.1, 0.15) is 91.5 Å². The zero-order valence-corrected chi connectivity index (χ0v) is 28.6. The number of hydrogen-bond donors (Lipinski definition) is 16. The first-order valence-electron chi connectivity index (χ1n) is 16.8. The maximum absolute atomic E-state index is 12.7. The van der Waals surface area contributed by atoms with E-state index in [0.717, 1.165) is 6.92 Å². The van der Waals surface area contributed by atoms with Crippen molar-refractivity contribution >= 4 is 11.9 Å². The molecule has 25 nitrogen and oxygen atoms in total. The third-order valence-corrected chi connectivity index (χ3v) is 9.67. The molecule has 4 heterocycles. The maximum Gasteiger partial charge on any atom is 0.364 e. The Labute approximate surface area is 305 Å². The summed E-state index contributed by atoms with van der Waals surface area (Å²) in [6, 6.07) is -3.24. The molecule has 4 rings (SSSR count). The fourth-order valence-corrected chi connectivity index (χ4v) is 6.67. The molecule has 4 aliphatic rings. The van der Waals surface area contributed by atoms with Gasteiger partial charge >= 0.3 is 5.97 Å². The van der Waals surface area contributed by atoms with Crippen LogP contribution in [0.15, 0.2) is 0 Å². The van der Waals surface area contributed by atoms with Gasteiger partial charge in [-0.15, -0.1) is 0 Å². The Hall–Kier alpha value is -1.90. The number of carbonyl (C=O) groups excluding carboxylic acids is 1. The Morgan fingerprint density at radius 3 is 1.87 bits per heavy atom. The van der Waals surface area contributed by atoms with Crippen LogP contribution in [0.5, 0.6) is 0 Å². The first kappa shape index (κ1) is 44.8. The number of amides is 1. The number of hydrogen-bond acceptors (Lipinski definition) is 23. The Morgan fingerprint density at radius 1 is 0.778 bits per heavy atom. The summed E-state index contributed by atoms with van der Waals surface area (Å²) in [7, 11) is 0. The van der Waals surface area contributed by atoms with Crippen LogP contribution in [0.4, 0.5) is 0 Å². The predicted octanol–water partition coefficient (Wildman–Crippen LogP) is -10.4. The molecule has 0 aliphatic carbocycles. The Kier molecular flexibility index (Phi) is 15.4. The molecule has 25 heteroatoms. The Morgan fingerprint density at radius 2 is 1.33 bits per heavy atom. The van der Waals surface area contributed by atoms with Crippen LogP contribution in [-0.2, 0) is 42.7 Å². The van der Waals surface area contributed by atoms with Crippen LogP contribution in [0, 0.1) is 0 Å². The van der Waals surface area contributed by atoms with Crippen molar-refractivity contribution in [1.29, 1.82) is 0 Å². The second-order valence-electron chi connectivity index (χ2n) is 13.4. The van der Waals surface area contributed by atoms with Crippen LogP contribution in [0.25, 0.3) is 0 Å². The van der Waals surface area contributed by atoms with Crippen molar-refractivity contribution in [2.75, 3.05) is 26.4 Å². The van der Waals surface area contributed by atoms with Crippen LogP contribution >= 0.6 is 0 Å². The molecular formula is C29H50N2O23. The van der Waals surface area contributed by atoms with Gasteiger partial charge in [-0.2, -0.15) is 0 Å². The van der Waals surface area contributed by atoms with Crippen molar-refractivity contribution in [3.8, 4) is 0 Å².